The van der Waals surface area contributed by atoms with Crippen LogP contribution in [0.25, 0.3) is 0 Å². The van der Waals surface area contributed by atoms with Crippen molar-refractivity contribution in [3.63, 3.8) is 0 Å². The summed E-state index contributed by atoms with van der Waals surface area (Å²) in [5.41, 5.74) is 1.00. The standard InChI is InChI=1S/C24H20N2O5/c1-30-17-9-6-15(7-10-17)13-26-23(28)18-4-2-3-5-19(18)24(26,29)16-8-11-21-20(12-16)25-22(27)14-31-21/h2-12,29H,13-14H2,1H3,(H,25,27). The second-order valence-corrected chi connectivity index (χ2v) is 7.50. The summed E-state index contributed by atoms with van der Waals surface area (Å²) in [5, 5.41) is 14.8. The van der Waals surface area contributed by atoms with E-state index in [0.717, 1.165) is 5.56 Å². The van der Waals surface area contributed by atoms with Crippen LogP contribution in [0.1, 0.15) is 27.0 Å². The highest BCUT2D eigenvalue weighted by Gasteiger charge is 2.50. The van der Waals surface area contributed by atoms with Gasteiger partial charge >= 0.3 is 0 Å². The molecule has 0 aromatic heterocycles. The third-order valence-electron chi connectivity index (χ3n) is 5.68. The van der Waals surface area contributed by atoms with E-state index in [-0.39, 0.29) is 25.0 Å². The molecule has 0 saturated carbocycles. The zero-order valence-corrected chi connectivity index (χ0v) is 16.8. The third-order valence-corrected chi connectivity index (χ3v) is 5.68. The van der Waals surface area contributed by atoms with Gasteiger partial charge in [-0.25, -0.2) is 0 Å². The smallest absolute Gasteiger partial charge is 0.262 e. The minimum Gasteiger partial charge on any atom is -0.497 e. The molecule has 0 radical (unpaired) electrons. The van der Waals surface area contributed by atoms with Crippen LogP contribution < -0.4 is 14.8 Å². The fraction of sp³-hybridized carbons (Fsp3) is 0.167. The van der Waals surface area contributed by atoms with E-state index in [9.17, 15) is 14.7 Å². The maximum absolute atomic E-state index is 13.3. The van der Waals surface area contributed by atoms with Gasteiger partial charge in [0.1, 0.15) is 11.5 Å². The summed E-state index contributed by atoms with van der Waals surface area (Å²) in [4.78, 5) is 26.5. The fourth-order valence-corrected chi connectivity index (χ4v) is 4.12. The van der Waals surface area contributed by atoms with Crippen LogP contribution in [-0.4, -0.2) is 35.5 Å². The zero-order chi connectivity index (χ0) is 21.6. The number of ether oxygens (including phenoxy) is 2. The van der Waals surface area contributed by atoms with Gasteiger partial charge in [0, 0.05) is 23.2 Å². The summed E-state index contributed by atoms with van der Waals surface area (Å²) >= 11 is 0. The van der Waals surface area contributed by atoms with Gasteiger partial charge in [-0.1, -0.05) is 36.4 Å². The van der Waals surface area contributed by atoms with Gasteiger partial charge in [-0.3, -0.25) is 14.5 Å². The number of nitrogens with zero attached hydrogens (tertiary/aromatic N) is 1. The van der Waals surface area contributed by atoms with Crippen LogP contribution in [0, 0.1) is 0 Å². The van der Waals surface area contributed by atoms with Crippen molar-refractivity contribution in [1.82, 2.24) is 4.90 Å². The summed E-state index contributed by atoms with van der Waals surface area (Å²) < 4.78 is 10.6. The molecule has 31 heavy (non-hydrogen) atoms. The van der Waals surface area contributed by atoms with Crippen molar-refractivity contribution in [3.05, 3.63) is 89.0 Å². The monoisotopic (exact) mass is 416 g/mol. The Morgan fingerprint density at radius 1 is 1.10 bits per heavy atom. The van der Waals surface area contributed by atoms with Gasteiger partial charge in [-0.05, 0) is 35.9 Å². The first-order valence-electron chi connectivity index (χ1n) is 9.84. The molecule has 3 aromatic rings. The number of nitrogens with one attached hydrogen (secondary N) is 1. The van der Waals surface area contributed by atoms with Crippen molar-refractivity contribution >= 4 is 17.5 Å². The molecule has 7 nitrogen and oxygen atoms in total. The highest BCUT2D eigenvalue weighted by Crippen LogP contribution is 2.45. The van der Waals surface area contributed by atoms with E-state index in [2.05, 4.69) is 5.32 Å². The molecule has 0 bridgehead atoms. The van der Waals surface area contributed by atoms with E-state index in [1.54, 1.807) is 49.6 Å². The number of fused-ring (bicyclic) bond motifs is 2. The minimum atomic E-state index is -1.70. The summed E-state index contributed by atoms with van der Waals surface area (Å²) in [5.74, 6) is 0.688. The van der Waals surface area contributed by atoms with Crippen LogP contribution in [-0.2, 0) is 17.1 Å². The Morgan fingerprint density at radius 2 is 1.87 bits per heavy atom. The van der Waals surface area contributed by atoms with Crippen LogP contribution in [0.4, 0.5) is 5.69 Å². The molecule has 2 N–H and O–H groups in total. The van der Waals surface area contributed by atoms with Gasteiger partial charge in [0.25, 0.3) is 11.8 Å². The fourth-order valence-electron chi connectivity index (χ4n) is 4.12. The third kappa shape index (κ3) is 3.02. The number of aliphatic hydroxyl groups is 1. The van der Waals surface area contributed by atoms with E-state index >= 15 is 0 Å². The van der Waals surface area contributed by atoms with Crippen molar-refractivity contribution in [2.75, 3.05) is 19.0 Å². The Hall–Kier alpha value is -3.84. The van der Waals surface area contributed by atoms with Crippen LogP contribution in [0.15, 0.2) is 66.7 Å². The van der Waals surface area contributed by atoms with Crippen LogP contribution in [0.5, 0.6) is 11.5 Å². The molecule has 1 unspecified atom stereocenters. The molecule has 0 aliphatic carbocycles. The molecule has 2 amide bonds. The Labute approximate surface area is 178 Å². The summed E-state index contributed by atoms with van der Waals surface area (Å²) in [6.07, 6.45) is 0. The molecule has 2 aliphatic heterocycles. The Kier molecular flexibility index (Phi) is 4.41. The van der Waals surface area contributed by atoms with E-state index in [1.807, 2.05) is 24.3 Å². The van der Waals surface area contributed by atoms with Gasteiger partial charge in [-0.15, -0.1) is 0 Å². The second kappa shape index (κ2) is 7.14. The number of hydrogen-bond acceptors (Lipinski definition) is 5. The zero-order valence-electron chi connectivity index (χ0n) is 16.8. The Balaban J connectivity index is 1.61. The summed E-state index contributed by atoms with van der Waals surface area (Å²) in [6, 6.07) is 19.4. The minimum absolute atomic E-state index is 0.0540. The predicted octanol–water partition coefficient (Wildman–Crippen LogP) is 2.88. The average molecular weight is 416 g/mol. The van der Waals surface area contributed by atoms with Crippen molar-refractivity contribution in [3.8, 4) is 11.5 Å². The molecule has 0 fully saturated rings. The van der Waals surface area contributed by atoms with Crippen molar-refractivity contribution < 1.29 is 24.2 Å². The summed E-state index contributed by atoms with van der Waals surface area (Å²) in [6.45, 7) is 0.134. The molecule has 7 heteroatoms. The molecule has 2 aliphatic rings. The first-order chi connectivity index (χ1) is 15.0. The Bertz CT molecular complexity index is 1190. The van der Waals surface area contributed by atoms with E-state index in [4.69, 9.17) is 9.47 Å². The van der Waals surface area contributed by atoms with Crippen LogP contribution in [0.2, 0.25) is 0 Å². The first kappa shape index (κ1) is 19.1. The number of anilines is 1. The topological polar surface area (TPSA) is 88.1 Å². The van der Waals surface area contributed by atoms with Gasteiger partial charge in [-0.2, -0.15) is 0 Å². The van der Waals surface area contributed by atoms with E-state index < -0.39 is 5.72 Å². The predicted molar refractivity (Wildman–Crippen MR) is 113 cm³/mol. The normalized spacial score (nSPS) is 19.4. The van der Waals surface area contributed by atoms with Crippen molar-refractivity contribution in [2.24, 2.45) is 0 Å². The summed E-state index contributed by atoms with van der Waals surface area (Å²) in [7, 11) is 1.59. The highest BCUT2D eigenvalue weighted by molar-refractivity contribution is 6.00. The van der Waals surface area contributed by atoms with Gasteiger partial charge in [0.05, 0.1) is 12.8 Å². The molecule has 0 spiro atoms. The number of carbonyl (C=O) groups excluding carboxylic acids is 2. The molecule has 1 atom stereocenters. The lowest BCUT2D eigenvalue weighted by molar-refractivity contribution is -0.118. The quantitative estimate of drug-likeness (QED) is 0.683. The SMILES string of the molecule is COc1ccc(CN2C(=O)c3ccccc3C2(O)c2ccc3c(c2)NC(=O)CO3)cc1. The van der Waals surface area contributed by atoms with Crippen molar-refractivity contribution in [1.29, 1.82) is 0 Å². The maximum Gasteiger partial charge on any atom is 0.262 e. The number of rotatable bonds is 4. The van der Waals surface area contributed by atoms with Crippen LogP contribution in [0.3, 0.4) is 0 Å². The van der Waals surface area contributed by atoms with Gasteiger partial charge in [0.2, 0.25) is 0 Å². The molecule has 3 aromatic carbocycles. The number of methoxy groups -OCH3 is 1. The lowest BCUT2D eigenvalue weighted by Gasteiger charge is -2.35. The lowest BCUT2D eigenvalue weighted by Crippen LogP contribution is -2.44. The highest BCUT2D eigenvalue weighted by atomic mass is 16.5. The molecule has 5 rings (SSSR count). The van der Waals surface area contributed by atoms with Gasteiger partial charge < -0.3 is 19.9 Å². The second-order valence-electron chi connectivity index (χ2n) is 7.50. The maximum atomic E-state index is 13.3. The first-order valence-corrected chi connectivity index (χ1v) is 9.84. The van der Waals surface area contributed by atoms with E-state index in [0.29, 0.717) is 33.9 Å². The average Bonchev–Trinajstić information content (AvgIpc) is 3.02. The number of amides is 2. The molecular weight excluding hydrogens is 396 g/mol. The number of benzene rings is 3. The molecule has 156 valence electrons. The molecule has 2 heterocycles. The molecular formula is C24H20N2O5. The number of carbonyl (C=O) groups is 2. The van der Waals surface area contributed by atoms with Gasteiger partial charge in [0.15, 0.2) is 12.3 Å². The largest absolute Gasteiger partial charge is 0.497 e. The Morgan fingerprint density at radius 3 is 2.65 bits per heavy atom. The lowest BCUT2D eigenvalue weighted by atomic mass is 9.93. The number of hydrogen-bond donors (Lipinski definition) is 2. The van der Waals surface area contributed by atoms with Crippen molar-refractivity contribution in [2.45, 2.75) is 12.3 Å². The van der Waals surface area contributed by atoms with E-state index in [1.165, 1.54) is 4.90 Å². The van der Waals surface area contributed by atoms with Crippen LogP contribution >= 0.6 is 0 Å². The molecule has 0 saturated heterocycles.